The van der Waals surface area contributed by atoms with Crippen LogP contribution < -0.4 is 21.3 Å². The van der Waals surface area contributed by atoms with Crippen LogP contribution in [-0.2, 0) is 0 Å². The Labute approximate surface area is 170 Å². The number of nitrogens with one attached hydrogen (secondary N) is 4. The molecule has 6 heteroatoms. The number of rotatable bonds is 4. The van der Waals surface area contributed by atoms with Gasteiger partial charge in [-0.3, -0.25) is 0 Å². The summed E-state index contributed by atoms with van der Waals surface area (Å²) >= 11 is 0. The minimum absolute atomic E-state index is 0.324. The normalized spacial score (nSPS) is 10.2. The second-order valence-corrected chi connectivity index (χ2v) is 6.92. The van der Waals surface area contributed by atoms with Crippen molar-refractivity contribution in [3.05, 3.63) is 83.4 Å². The van der Waals surface area contributed by atoms with E-state index >= 15 is 0 Å². The molecule has 148 valence electrons. The van der Waals surface area contributed by atoms with Gasteiger partial charge in [-0.25, -0.2) is 9.59 Å². The molecule has 4 N–H and O–H groups in total. The summed E-state index contributed by atoms with van der Waals surface area (Å²) in [5.74, 6) is 0. The molecule has 0 atom stereocenters. The topological polar surface area (TPSA) is 82.3 Å². The summed E-state index contributed by atoms with van der Waals surface area (Å²) in [6, 6.07) is 19.8. The number of carbonyl (C=O) groups is 2. The number of hydrogen-bond acceptors (Lipinski definition) is 2. The maximum Gasteiger partial charge on any atom is 0.323 e. The van der Waals surface area contributed by atoms with Gasteiger partial charge >= 0.3 is 12.1 Å². The number of carbonyl (C=O) groups excluding carboxylic acids is 2. The van der Waals surface area contributed by atoms with E-state index in [1.54, 1.807) is 18.2 Å². The van der Waals surface area contributed by atoms with Crippen LogP contribution in [0.2, 0.25) is 0 Å². The Kier molecular flexibility index (Phi) is 6.14. The van der Waals surface area contributed by atoms with Crippen molar-refractivity contribution in [1.29, 1.82) is 0 Å². The monoisotopic (exact) mass is 388 g/mol. The van der Waals surface area contributed by atoms with Gasteiger partial charge in [0.1, 0.15) is 0 Å². The van der Waals surface area contributed by atoms with Crippen LogP contribution in [0.4, 0.5) is 32.3 Å². The number of amides is 4. The summed E-state index contributed by atoms with van der Waals surface area (Å²) in [5, 5.41) is 11.2. The zero-order chi connectivity index (χ0) is 20.8. The van der Waals surface area contributed by atoms with Gasteiger partial charge in [-0.1, -0.05) is 35.4 Å². The third-order valence-electron chi connectivity index (χ3n) is 4.35. The van der Waals surface area contributed by atoms with E-state index < -0.39 is 0 Å². The summed E-state index contributed by atoms with van der Waals surface area (Å²) in [5.41, 5.74) is 5.82. The van der Waals surface area contributed by atoms with E-state index in [2.05, 4.69) is 21.3 Å². The molecule has 6 nitrogen and oxygen atoms in total. The SMILES string of the molecule is Cc1ccc(NC(=O)Nc2ccc(NC(=O)Nc3ccc(C)cc3)c(C)c2)cc1. The maximum absolute atomic E-state index is 12.2. The molecule has 3 aromatic rings. The molecular formula is C23H24N4O2. The van der Waals surface area contributed by atoms with Crippen LogP contribution in [0, 0.1) is 20.8 Å². The first-order chi connectivity index (χ1) is 13.9. The van der Waals surface area contributed by atoms with Crippen LogP contribution in [0.3, 0.4) is 0 Å². The van der Waals surface area contributed by atoms with E-state index in [0.717, 1.165) is 28.1 Å². The molecule has 0 aromatic heterocycles. The van der Waals surface area contributed by atoms with Crippen LogP contribution in [0.15, 0.2) is 66.7 Å². The van der Waals surface area contributed by atoms with Crippen LogP contribution in [-0.4, -0.2) is 12.1 Å². The first-order valence-corrected chi connectivity index (χ1v) is 9.29. The number of aryl methyl sites for hydroxylation is 3. The van der Waals surface area contributed by atoms with Gasteiger partial charge in [-0.2, -0.15) is 0 Å². The Morgan fingerprint density at radius 3 is 1.45 bits per heavy atom. The molecule has 4 amide bonds. The van der Waals surface area contributed by atoms with Gasteiger partial charge in [0, 0.05) is 22.7 Å². The molecule has 0 fully saturated rings. The summed E-state index contributed by atoms with van der Waals surface area (Å²) in [6.07, 6.45) is 0. The largest absolute Gasteiger partial charge is 0.323 e. The van der Waals surface area contributed by atoms with Crippen molar-refractivity contribution in [2.45, 2.75) is 20.8 Å². The highest BCUT2D eigenvalue weighted by atomic mass is 16.2. The highest BCUT2D eigenvalue weighted by Gasteiger charge is 2.08. The van der Waals surface area contributed by atoms with Crippen molar-refractivity contribution in [3.8, 4) is 0 Å². The van der Waals surface area contributed by atoms with E-state index in [9.17, 15) is 9.59 Å². The van der Waals surface area contributed by atoms with E-state index in [0.29, 0.717) is 11.4 Å². The lowest BCUT2D eigenvalue weighted by Crippen LogP contribution is -2.21. The fourth-order valence-electron chi connectivity index (χ4n) is 2.73. The van der Waals surface area contributed by atoms with E-state index in [-0.39, 0.29) is 12.1 Å². The summed E-state index contributed by atoms with van der Waals surface area (Å²) in [7, 11) is 0. The van der Waals surface area contributed by atoms with Crippen molar-refractivity contribution in [2.75, 3.05) is 21.3 Å². The van der Waals surface area contributed by atoms with Crippen molar-refractivity contribution in [3.63, 3.8) is 0 Å². The van der Waals surface area contributed by atoms with E-state index in [4.69, 9.17) is 0 Å². The Morgan fingerprint density at radius 2 is 0.966 bits per heavy atom. The predicted octanol–water partition coefficient (Wildman–Crippen LogP) is 5.90. The summed E-state index contributed by atoms with van der Waals surface area (Å²) in [6.45, 7) is 5.84. The third-order valence-corrected chi connectivity index (χ3v) is 4.35. The second kappa shape index (κ2) is 8.93. The standard InChI is InChI=1S/C23H24N4O2/c1-15-4-8-18(9-5-15)24-22(28)26-20-12-13-21(17(3)14-20)27-23(29)25-19-10-6-16(2)7-11-19/h4-14H,1-3H3,(H2,24,26,28)(H2,25,27,29). The highest BCUT2D eigenvalue weighted by Crippen LogP contribution is 2.20. The minimum atomic E-state index is -0.328. The molecule has 0 spiro atoms. The molecule has 0 aliphatic rings. The number of hydrogen-bond donors (Lipinski definition) is 4. The van der Waals surface area contributed by atoms with Gasteiger partial charge in [0.05, 0.1) is 0 Å². The molecule has 3 rings (SSSR count). The molecule has 0 heterocycles. The maximum atomic E-state index is 12.2. The van der Waals surface area contributed by atoms with E-state index in [1.807, 2.05) is 69.3 Å². The lowest BCUT2D eigenvalue weighted by Gasteiger charge is -2.13. The molecule has 0 radical (unpaired) electrons. The molecule has 0 bridgehead atoms. The van der Waals surface area contributed by atoms with E-state index in [1.165, 1.54) is 0 Å². The van der Waals surface area contributed by atoms with Gasteiger partial charge in [-0.05, 0) is 68.8 Å². The smallest absolute Gasteiger partial charge is 0.308 e. The summed E-state index contributed by atoms with van der Waals surface area (Å²) < 4.78 is 0. The molecule has 0 unspecified atom stereocenters. The van der Waals surface area contributed by atoms with Crippen molar-refractivity contribution in [1.82, 2.24) is 0 Å². The molecular weight excluding hydrogens is 364 g/mol. The fourth-order valence-corrected chi connectivity index (χ4v) is 2.73. The molecule has 0 saturated carbocycles. The Balaban J connectivity index is 1.57. The minimum Gasteiger partial charge on any atom is -0.308 e. The van der Waals surface area contributed by atoms with Crippen molar-refractivity contribution >= 4 is 34.8 Å². The van der Waals surface area contributed by atoms with Crippen LogP contribution >= 0.6 is 0 Å². The Bertz CT molecular complexity index is 1010. The highest BCUT2D eigenvalue weighted by molar-refractivity contribution is 6.02. The van der Waals surface area contributed by atoms with Gasteiger partial charge in [0.25, 0.3) is 0 Å². The number of benzene rings is 3. The Morgan fingerprint density at radius 1 is 0.552 bits per heavy atom. The summed E-state index contributed by atoms with van der Waals surface area (Å²) in [4.78, 5) is 24.4. The van der Waals surface area contributed by atoms with Gasteiger partial charge in [0.2, 0.25) is 0 Å². The fraction of sp³-hybridized carbons (Fsp3) is 0.130. The first-order valence-electron chi connectivity index (χ1n) is 9.29. The molecule has 0 saturated heterocycles. The van der Waals surface area contributed by atoms with Crippen molar-refractivity contribution < 1.29 is 9.59 Å². The zero-order valence-electron chi connectivity index (χ0n) is 16.7. The molecule has 0 aliphatic carbocycles. The van der Waals surface area contributed by atoms with Gasteiger partial charge in [0.15, 0.2) is 0 Å². The Hall–Kier alpha value is -3.80. The molecule has 3 aromatic carbocycles. The second-order valence-electron chi connectivity index (χ2n) is 6.92. The zero-order valence-corrected chi connectivity index (χ0v) is 16.7. The quantitative estimate of drug-likeness (QED) is 0.449. The van der Waals surface area contributed by atoms with Crippen LogP contribution in [0.25, 0.3) is 0 Å². The van der Waals surface area contributed by atoms with Gasteiger partial charge in [-0.15, -0.1) is 0 Å². The third kappa shape index (κ3) is 5.84. The number of urea groups is 2. The molecule has 0 aliphatic heterocycles. The number of anilines is 4. The average molecular weight is 388 g/mol. The lowest BCUT2D eigenvalue weighted by molar-refractivity contribution is 0.261. The van der Waals surface area contributed by atoms with Crippen molar-refractivity contribution in [2.24, 2.45) is 0 Å². The predicted molar refractivity (Wildman–Crippen MR) is 119 cm³/mol. The lowest BCUT2D eigenvalue weighted by atomic mass is 10.2. The van der Waals surface area contributed by atoms with Gasteiger partial charge < -0.3 is 21.3 Å². The average Bonchev–Trinajstić information content (AvgIpc) is 2.67. The van der Waals surface area contributed by atoms with Crippen LogP contribution in [0.5, 0.6) is 0 Å². The van der Waals surface area contributed by atoms with Crippen LogP contribution in [0.1, 0.15) is 16.7 Å². The molecule has 29 heavy (non-hydrogen) atoms. The first kappa shape index (κ1) is 19.9.